The van der Waals surface area contributed by atoms with Crippen molar-refractivity contribution in [1.29, 1.82) is 0 Å². The second-order valence-electron chi connectivity index (χ2n) is 2.33. The van der Waals surface area contributed by atoms with Gasteiger partial charge in [-0.05, 0) is 12.8 Å². The zero-order chi connectivity index (χ0) is 6.15. The van der Waals surface area contributed by atoms with E-state index < -0.39 is 0 Å². The van der Waals surface area contributed by atoms with E-state index in [0.29, 0.717) is 0 Å². The fourth-order valence-corrected chi connectivity index (χ4v) is 0.894. The van der Waals surface area contributed by atoms with E-state index in [2.05, 4.69) is 0 Å². The zero-order valence-electron chi connectivity index (χ0n) is 4.63. The van der Waals surface area contributed by atoms with Crippen LogP contribution in [0.1, 0.15) is 12.8 Å². The summed E-state index contributed by atoms with van der Waals surface area (Å²) in [5.74, 6) is -0.128. The largest absolute Gasteiger partial charge is 0.369 e. The van der Waals surface area contributed by atoms with Gasteiger partial charge >= 0.3 is 0 Å². The zero-order valence-corrected chi connectivity index (χ0v) is 4.63. The maximum Gasteiger partial charge on any atom is 0.220 e. The second kappa shape index (κ2) is 1.74. The summed E-state index contributed by atoms with van der Waals surface area (Å²) in [7, 11) is 0. The molecule has 0 aromatic carbocycles. The van der Waals surface area contributed by atoms with Gasteiger partial charge in [0.05, 0.1) is 0 Å². The quantitative estimate of drug-likeness (QED) is 0.469. The lowest BCUT2D eigenvalue weighted by Gasteiger charge is -2.29. The molecule has 0 aromatic rings. The van der Waals surface area contributed by atoms with Gasteiger partial charge in [-0.2, -0.15) is 0 Å². The molecule has 0 aliphatic heterocycles. The summed E-state index contributed by atoms with van der Waals surface area (Å²) in [4.78, 5) is 10.3. The van der Waals surface area contributed by atoms with Crippen molar-refractivity contribution in [3.63, 3.8) is 0 Å². The normalized spacial score (nSPS) is 36.1. The number of carbonyl (C=O) groups is 1. The van der Waals surface area contributed by atoms with Crippen molar-refractivity contribution >= 4 is 5.91 Å². The Morgan fingerprint density at radius 2 is 2.00 bits per heavy atom. The van der Waals surface area contributed by atoms with Gasteiger partial charge in [-0.1, -0.05) is 0 Å². The molecule has 1 aliphatic rings. The molecule has 1 fully saturated rings. The van der Waals surface area contributed by atoms with Gasteiger partial charge in [-0.15, -0.1) is 0 Å². The van der Waals surface area contributed by atoms with Crippen LogP contribution in [0.2, 0.25) is 0 Å². The predicted molar refractivity (Wildman–Crippen MR) is 29.9 cm³/mol. The third-order valence-corrected chi connectivity index (χ3v) is 1.58. The fourth-order valence-electron chi connectivity index (χ4n) is 0.894. The van der Waals surface area contributed by atoms with Crippen molar-refractivity contribution < 1.29 is 4.79 Å². The molecule has 46 valence electrons. The van der Waals surface area contributed by atoms with Crippen LogP contribution in [0.15, 0.2) is 0 Å². The van der Waals surface area contributed by atoms with Gasteiger partial charge in [0.1, 0.15) is 0 Å². The molecule has 8 heavy (non-hydrogen) atoms. The van der Waals surface area contributed by atoms with Crippen LogP contribution in [0.25, 0.3) is 0 Å². The first-order valence-electron chi connectivity index (χ1n) is 2.75. The van der Waals surface area contributed by atoms with Crippen molar-refractivity contribution in [2.45, 2.75) is 18.9 Å². The monoisotopic (exact) mass is 114 g/mol. The van der Waals surface area contributed by atoms with Gasteiger partial charge in [-0.3, -0.25) is 4.79 Å². The highest BCUT2D eigenvalue weighted by Gasteiger charge is 2.29. The van der Waals surface area contributed by atoms with E-state index in [1.165, 1.54) is 0 Å². The first-order chi connectivity index (χ1) is 3.70. The summed E-state index contributed by atoms with van der Waals surface area (Å²) in [5.41, 5.74) is 10.4. The molecule has 0 unspecified atom stereocenters. The standard InChI is InChI=1S/C5H10N2O/c6-4-1-3(2-4)5(7)8/h3-4H,1-2,6H2,(H2,7,8)/t3-,4-. The first-order valence-corrected chi connectivity index (χ1v) is 2.75. The van der Waals surface area contributed by atoms with Gasteiger partial charge in [0, 0.05) is 12.0 Å². The first kappa shape index (κ1) is 5.56. The minimum absolute atomic E-state index is 0.0741. The SMILES string of the molecule is NC(=O)[C@H]1C[C@H](N)C1. The Hall–Kier alpha value is -0.570. The van der Waals surface area contributed by atoms with Crippen LogP contribution < -0.4 is 11.5 Å². The molecule has 1 rings (SSSR count). The van der Waals surface area contributed by atoms with Crippen molar-refractivity contribution in [2.75, 3.05) is 0 Å². The highest BCUT2D eigenvalue weighted by molar-refractivity contribution is 5.77. The number of nitrogens with two attached hydrogens (primary N) is 2. The molecular weight excluding hydrogens is 104 g/mol. The number of amides is 1. The molecule has 3 heteroatoms. The Morgan fingerprint density at radius 1 is 1.50 bits per heavy atom. The second-order valence-corrected chi connectivity index (χ2v) is 2.33. The van der Waals surface area contributed by atoms with Crippen LogP contribution in [0.4, 0.5) is 0 Å². The Labute approximate surface area is 48.0 Å². The van der Waals surface area contributed by atoms with Crippen LogP contribution in [0.5, 0.6) is 0 Å². The maximum absolute atomic E-state index is 10.3. The average molecular weight is 114 g/mol. The molecule has 3 nitrogen and oxygen atoms in total. The van der Waals surface area contributed by atoms with Crippen molar-refractivity contribution in [3.8, 4) is 0 Å². The molecule has 0 saturated heterocycles. The van der Waals surface area contributed by atoms with Crippen LogP contribution in [0.3, 0.4) is 0 Å². The van der Waals surface area contributed by atoms with Crippen molar-refractivity contribution in [2.24, 2.45) is 17.4 Å². The van der Waals surface area contributed by atoms with E-state index in [9.17, 15) is 4.79 Å². The van der Waals surface area contributed by atoms with Gasteiger partial charge in [0.25, 0.3) is 0 Å². The van der Waals surface area contributed by atoms with E-state index in [-0.39, 0.29) is 17.9 Å². The molecule has 0 aromatic heterocycles. The highest BCUT2D eigenvalue weighted by atomic mass is 16.1. The lowest BCUT2D eigenvalue weighted by molar-refractivity contribution is -0.124. The third kappa shape index (κ3) is 0.816. The predicted octanol–water partition coefficient (Wildman–Crippen LogP) is -0.791. The van der Waals surface area contributed by atoms with E-state index >= 15 is 0 Å². The smallest absolute Gasteiger partial charge is 0.220 e. The van der Waals surface area contributed by atoms with Crippen molar-refractivity contribution in [3.05, 3.63) is 0 Å². The molecule has 0 heterocycles. The van der Waals surface area contributed by atoms with Gasteiger partial charge in [0.15, 0.2) is 0 Å². The topological polar surface area (TPSA) is 69.1 Å². The van der Waals surface area contributed by atoms with Crippen LogP contribution in [0, 0.1) is 5.92 Å². The van der Waals surface area contributed by atoms with Gasteiger partial charge < -0.3 is 11.5 Å². The minimum atomic E-state index is -0.202. The third-order valence-electron chi connectivity index (χ3n) is 1.58. The average Bonchev–Trinajstić information content (AvgIpc) is 1.57. The number of hydrogen-bond donors (Lipinski definition) is 2. The molecule has 0 bridgehead atoms. The van der Waals surface area contributed by atoms with E-state index in [4.69, 9.17) is 11.5 Å². The fraction of sp³-hybridized carbons (Fsp3) is 0.800. The van der Waals surface area contributed by atoms with Gasteiger partial charge in [-0.25, -0.2) is 0 Å². The molecule has 0 spiro atoms. The number of carbonyl (C=O) groups excluding carboxylic acids is 1. The lowest BCUT2D eigenvalue weighted by atomic mass is 9.80. The number of hydrogen-bond acceptors (Lipinski definition) is 2. The molecular formula is C5H10N2O. The number of rotatable bonds is 1. The minimum Gasteiger partial charge on any atom is -0.369 e. The van der Waals surface area contributed by atoms with Crippen LogP contribution in [-0.2, 0) is 4.79 Å². The summed E-state index contributed by atoms with van der Waals surface area (Å²) in [5, 5.41) is 0. The molecule has 1 saturated carbocycles. The molecule has 4 N–H and O–H groups in total. The Balaban J connectivity index is 2.25. The summed E-state index contributed by atoms with van der Waals surface area (Å²) in [6, 6.07) is 0.229. The maximum atomic E-state index is 10.3. The van der Waals surface area contributed by atoms with Crippen molar-refractivity contribution in [1.82, 2.24) is 0 Å². The van der Waals surface area contributed by atoms with Crippen LogP contribution >= 0.6 is 0 Å². The molecule has 0 atom stereocenters. The van der Waals surface area contributed by atoms with E-state index in [1.807, 2.05) is 0 Å². The van der Waals surface area contributed by atoms with E-state index in [1.54, 1.807) is 0 Å². The Kier molecular flexibility index (Phi) is 1.21. The molecule has 0 radical (unpaired) electrons. The highest BCUT2D eigenvalue weighted by Crippen LogP contribution is 2.24. The Morgan fingerprint density at radius 3 is 2.12 bits per heavy atom. The van der Waals surface area contributed by atoms with E-state index in [0.717, 1.165) is 12.8 Å². The van der Waals surface area contributed by atoms with Crippen LogP contribution in [-0.4, -0.2) is 11.9 Å². The summed E-state index contributed by atoms with van der Waals surface area (Å²) < 4.78 is 0. The molecule has 1 amide bonds. The lowest BCUT2D eigenvalue weighted by Crippen LogP contribution is -2.42. The summed E-state index contributed by atoms with van der Waals surface area (Å²) in [6.45, 7) is 0. The van der Waals surface area contributed by atoms with Gasteiger partial charge in [0.2, 0.25) is 5.91 Å². The summed E-state index contributed by atoms with van der Waals surface area (Å²) >= 11 is 0. The molecule has 1 aliphatic carbocycles. The Bertz CT molecular complexity index is 107. The summed E-state index contributed by atoms with van der Waals surface area (Å²) in [6.07, 6.45) is 1.57. The number of primary amides is 1.